The zero-order valence-corrected chi connectivity index (χ0v) is 13.1. The third-order valence-corrected chi connectivity index (χ3v) is 3.82. The predicted octanol–water partition coefficient (Wildman–Crippen LogP) is 3.43. The molecule has 0 N–H and O–H groups in total. The molecule has 106 valence electrons. The number of aromatic nitrogens is 1. The van der Waals surface area contributed by atoms with Gasteiger partial charge in [-0.1, -0.05) is 20.8 Å². The van der Waals surface area contributed by atoms with Gasteiger partial charge < -0.3 is 9.47 Å². The second-order valence-corrected chi connectivity index (χ2v) is 7.54. The average Bonchev–Trinajstić information content (AvgIpc) is 2.59. The molecule has 0 aliphatic carbocycles. The first-order valence-corrected chi connectivity index (χ1v) is 7.13. The Morgan fingerprint density at radius 2 is 1.68 bits per heavy atom. The maximum absolute atomic E-state index is 12.7. The van der Waals surface area contributed by atoms with Crippen LogP contribution < -0.4 is 0 Å². The number of amides is 1. The molecule has 1 aromatic heterocycles. The van der Waals surface area contributed by atoms with Crippen LogP contribution in [0.3, 0.4) is 0 Å². The first kappa shape index (κ1) is 14.2. The largest absolute Gasteiger partial charge is 0.343 e. The lowest BCUT2D eigenvalue weighted by Gasteiger charge is -2.34. The minimum Gasteiger partial charge on any atom is -0.343 e. The molecule has 1 amide bonds. The number of fused-ring (bicyclic) bond motifs is 1. The van der Waals surface area contributed by atoms with Crippen molar-refractivity contribution in [3.63, 3.8) is 0 Å². The third-order valence-electron chi connectivity index (χ3n) is 3.82. The van der Waals surface area contributed by atoms with Crippen molar-refractivity contribution in [1.82, 2.24) is 9.47 Å². The van der Waals surface area contributed by atoms with Gasteiger partial charge in [0.2, 0.25) is 0 Å². The monoisotopic (exact) mass is 262 g/mol. The summed E-state index contributed by atoms with van der Waals surface area (Å²) in [5, 5.41) is 0. The van der Waals surface area contributed by atoms with Crippen LogP contribution in [0.25, 0.3) is 0 Å². The predicted molar refractivity (Wildman–Crippen MR) is 78.5 cm³/mol. The molecule has 1 aliphatic rings. The highest BCUT2D eigenvalue weighted by Crippen LogP contribution is 2.28. The van der Waals surface area contributed by atoms with E-state index in [9.17, 15) is 4.79 Å². The molecule has 1 aliphatic heterocycles. The number of hydrogen-bond acceptors (Lipinski definition) is 1. The minimum absolute atomic E-state index is 0.0893. The van der Waals surface area contributed by atoms with E-state index in [1.807, 2.05) is 4.90 Å². The number of aryl methyl sites for hydroxylation is 1. The van der Waals surface area contributed by atoms with E-state index < -0.39 is 0 Å². The Hall–Kier alpha value is -1.25. The Morgan fingerprint density at radius 3 is 2.21 bits per heavy atom. The number of carbonyl (C=O) groups is 1. The molecule has 0 spiro atoms. The van der Waals surface area contributed by atoms with Crippen LogP contribution in [0, 0.1) is 0 Å². The molecular weight excluding hydrogens is 236 g/mol. The fraction of sp³-hybridized carbons (Fsp3) is 0.688. The van der Waals surface area contributed by atoms with Crippen LogP contribution in [-0.4, -0.2) is 27.5 Å². The second kappa shape index (κ2) is 4.39. The van der Waals surface area contributed by atoms with Crippen LogP contribution in [0.5, 0.6) is 0 Å². The molecular formula is C16H26N2O. The summed E-state index contributed by atoms with van der Waals surface area (Å²) in [4.78, 5) is 14.7. The fourth-order valence-corrected chi connectivity index (χ4v) is 2.56. The summed E-state index contributed by atoms with van der Waals surface area (Å²) in [5.74, 6) is 0.167. The van der Waals surface area contributed by atoms with Crippen LogP contribution in [0.2, 0.25) is 0 Å². The molecule has 0 bridgehead atoms. The van der Waals surface area contributed by atoms with Crippen molar-refractivity contribution >= 4 is 5.91 Å². The lowest BCUT2D eigenvalue weighted by Crippen LogP contribution is -2.45. The van der Waals surface area contributed by atoms with Crippen molar-refractivity contribution < 1.29 is 4.79 Å². The molecule has 3 nitrogen and oxygen atoms in total. The molecule has 2 heterocycles. The molecule has 19 heavy (non-hydrogen) atoms. The molecule has 3 heteroatoms. The van der Waals surface area contributed by atoms with Gasteiger partial charge in [0.05, 0.1) is 0 Å². The van der Waals surface area contributed by atoms with E-state index in [0.29, 0.717) is 0 Å². The van der Waals surface area contributed by atoms with E-state index in [2.05, 4.69) is 58.4 Å². The molecule has 0 fully saturated rings. The van der Waals surface area contributed by atoms with Crippen LogP contribution in [-0.2, 0) is 12.0 Å². The van der Waals surface area contributed by atoms with E-state index in [1.54, 1.807) is 0 Å². The smallest absolute Gasteiger partial charge is 0.270 e. The Morgan fingerprint density at radius 1 is 1.05 bits per heavy atom. The number of rotatable bonds is 0. The average molecular weight is 262 g/mol. The molecule has 0 atom stereocenters. The second-order valence-electron chi connectivity index (χ2n) is 7.54. The summed E-state index contributed by atoms with van der Waals surface area (Å²) in [6, 6.07) is 2.08. The maximum Gasteiger partial charge on any atom is 0.270 e. The Balaban J connectivity index is 2.43. The SMILES string of the molecule is CC(C)(C)c1cc2n(c1)CCCN(C(C)(C)C)C2=O. The van der Waals surface area contributed by atoms with E-state index in [4.69, 9.17) is 0 Å². The van der Waals surface area contributed by atoms with Crippen molar-refractivity contribution in [2.75, 3.05) is 6.54 Å². The quantitative estimate of drug-likeness (QED) is 0.703. The standard InChI is InChI=1S/C16H26N2O/c1-15(2,3)12-10-13-14(19)18(16(4,5)6)9-7-8-17(13)11-12/h10-11H,7-9H2,1-6H3. The molecule has 2 rings (SSSR count). The normalized spacial score (nSPS) is 17.4. The molecule has 0 radical (unpaired) electrons. The van der Waals surface area contributed by atoms with Crippen molar-refractivity contribution in [2.45, 2.75) is 65.5 Å². The highest BCUT2D eigenvalue weighted by atomic mass is 16.2. The van der Waals surface area contributed by atoms with Crippen LogP contribution in [0.4, 0.5) is 0 Å². The van der Waals surface area contributed by atoms with Gasteiger partial charge in [-0.25, -0.2) is 0 Å². The zero-order chi connectivity index (χ0) is 14.4. The number of nitrogens with zero attached hydrogens (tertiary/aromatic N) is 2. The van der Waals surface area contributed by atoms with Gasteiger partial charge in [-0.3, -0.25) is 4.79 Å². The van der Waals surface area contributed by atoms with Crippen molar-refractivity contribution in [3.05, 3.63) is 23.5 Å². The van der Waals surface area contributed by atoms with Crippen LogP contribution >= 0.6 is 0 Å². The van der Waals surface area contributed by atoms with Gasteiger partial charge in [0.15, 0.2) is 0 Å². The Kier molecular flexibility index (Phi) is 3.28. The summed E-state index contributed by atoms with van der Waals surface area (Å²) < 4.78 is 2.13. The summed E-state index contributed by atoms with van der Waals surface area (Å²) in [7, 11) is 0. The molecule has 1 aromatic rings. The van der Waals surface area contributed by atoms with Gasteiger partial charge >= 0.3 is 0 Å². The highest BCUT2D eigenvalue weighted by molar-refractivity contribution is 5.93. The number of hydrogen-bond donors (Lipinski definition) is 0. The number of carbonyl (C=O) groups excluding carboxylic acids is 1. The Bertz CT molecular complexity index is 486. The van der Waals surface area contributed by atoms with Crippen molar-refractivity contribution in [3.8, 4) is 0 Å². The lowest BCUT2D eigenvalue weighted by molar-refractivity contribution is 0.0588. The van der Waals surface area contributed by atoms with Gasteiger partial charge in [0.1, 0.15) is 5.69 Å². The van der Waals surface area contributed by atoms with Gasteiger partial charge in [-0.05, 0) is 44.2 Å². The summed E-state index contributed by atoms with van der Waals surface area (Å²) in [6.45, 7) is 14.7. The van der Waals surface area contributed by atoms with Gasteiger partial charge in [0.25, 0.3) is 5.91 Å². The summed E-state index contributed by atoms with van der Waals surface area (Å²) >= 11 is 0. The molecule has 0 aromatic carbocycles. The molecule has 0 saturated carbocycles. The van der Waals surface area contributed by atoms with E-state index in [0.717, 1.165) is 25.2 Å². The summed E-state index contributed by atoms with van der Waals surface area (Å²) in [5.41, 5.74) is 2.06. The first-order chi connectivity index (χ1) is 8.60. The maximum atomic E-state index is 12.7. The topological polar surface area (TPSA) is 25.2 Å². The van der Waals surface area contributed by atoms with Crippen molar-refractivity contribution in [1.29, 1.82) is 0 Å². The van der Waals surface area contributed by atoms with Gasteiger partial charge in [-0.2, -0.15) is 0 Å². The molecule has 0 saturated heterocycles. The lowest BCUT2D eigenvalue weighted by atomic mass is 9.89. The third kappa shape index (κ3) is 2.70. The van der Waals surface area contributed by atoms with E-state index in [1.165, 1.54) is 5.56 Å². The van der Waals surface area contributed by atoms with Crippen molar-refractivity contribution in [2.24, 2.45) is 0 Å². The highest BCUT2D eigenvalue weighted by Gasteiger charge is 2.32. The first-order valence-electron chi connectivity index (χ1n) is 7.13. The fourth-order valence-electron chi connectivity index (χ4n) is 2.56. The van der Waals surface area contributed by atoms with Gasteiger partial charge in [-0.15, -0.1) is 0 Å². The van der Waals surface area contributed by atoms with Gasteiger partial charge in [0, 0.05) is 24.8 Å². The molecule has 0 unspecified atom stereocenters. The van der Waals surface area contributed by atoms with E-state index in [-0.39, 0.29) is 16.9 Å². The Labute approximate surface area is 116 Å². The zero-order valence-electron chi connectivity index (χ0n) is 13.1. The minimum atomic E-state index is -0.113. The van der Waals surface area contributed by atoms with E-state index >= 15 is 0 Å². The van der Waals surface area contributed by atoms with Crippen LogP contribution in [0.15, 0.2) is 12.3 Å². The van der Waals surface area contributed by atoms with Crippen LogP contribution in [0.1, 0.15) is 64.0 Å². The summed E-state index contributed by atoms with van der Waals surface area (Å²) in [6.07, 6.45) is 3.17.